The molecular formula is C31H55NO6P+. The average Bonchev–Trinajstić information content (AvgIpc) is 2.87. The minimum absolute atomic E-state index is 0.105. The Morgan fingerprint density at radius 1 is 0.795 bits per heavy atom. The van der Waals surface area contributed by atoms with Gasteiger partial charge in [0.2, 0.25) is 0 Å². The van der Waals surface area contributed by atoms with E-state index in [4.69, 9.17) is 13.8 Å². The number of hydrogen-bond donors (Lipinski definition) is 1. The van der Waals surface area contributed by atoms with Crippen LogP contribution in [0.15, 0.2) is 60.8 Å². The second-order valence-electron chi connectivity index (χ2n) is 10.4. The predicted octanol–water partition coefficient (Wildman–Crippen LogP) is 7.85. The molecular weight excluding hydrogens is 513 g/mol. The van der Waals surface area contributed by atoms with Gasteiger partial charge in [-0.3, -0.25) is 13.8 Å². The van der Waals surface area contributed by atoms with Gasteiger partial charge in [0.1, 0.15) is 19.3 Å². The number of likely N-dealkylation sites (N-methyl/N-ethyl adjacent to an activating group) is 1. The summed E-state index contributed by atoms with van der Waals surface area (Å²) in [4.78, 5) is 21.9. The molecule has 0 aliphatic heterocycles. The van der Waals surface area contributed by atoms with Crippen LogP contribution in [0.25, 0.3) is 0 Å². The van der Waals surface area contributed by atoms with Crippen LogP contribution in [0, 0.1) is 0 Å². The lowest BCUT2D eigenvalue weighted by molar-refractivity contribution is -0.870. The maximum Gasteiger partial charge on any atom is 0.472 e. The zero-order valence-corrected chi connectivity index (χ0v) is 26.0. The minimum Gasteiger partial charge on any atom is -0.460 e. The van der Waals surface area contributed by atoms with Crippen molar-refractivity contribution in [3.05, 3.63) is 60.8 Å². The van der Waals surface area contributed by atoms with Crippen LogP contribution in [0.5, 0.6) is 0 Å². The van der Waals surface area contributed by atoms with Gasteiger partial charge in [0.05, 0.1) is 27.7 Å². The highest BCUT2D eigenvalue weighted by Crippen LogP contribution is 2.43. The maximum atomic E-state index is 12.1. The van der Waals surface area contributed by atoms with Crippen molar-refractivity contribution in [1.82, 2.24) is 0 Å². The van der Waals surface area contributed by atoms with Crippen LogP contribution in [-0.4, -0.2) is 62.4 Å². The summed E-state index contributed by atoms with van der Waals surface area (Å²) in [6.07, 6.45) is 30.9. The molecule has 0 radical (unpaired) electrons. The molecule has 39 heavy (non-hydrogen) atoms. The molecule has 1 N–H and O–H groups in total. The summed E-state index contributed by atoms with van der Waals surface area (Å²) < 4.78 is 28.1. The number of unbranched alkanes of at least 4 members (excludes halogenated alkanes) is 3. The molecule has 224 valence electrons. The highest BCUT2D eigenvalue weighted by molar-refractivity contribution is 7.47. The van der Waals surface area contributed by atoms with Gasteiger partial charge in [-0.2, -0.15) is 0 Å². The van der Waals surface area contributed by atoms with Gasteiger partial charge in [-0.05, 0) is 57.8 Å². The second-order valence-corrected chi connectivity index (χ2v) is 11.9. The van der Waals surface area contributed by atoms with E-state index in [2.05, 4.69) is 67.7 Å². The molecule has 0 saturated heterocycles. The third-order valence-electron chi connectivity index (χ3n) is 5.60. The Hall–Kier alpha value is -1.76. The molecule has 2 unspecified atom stereocenters. The van der Waals surface area contributed by atoms with Gasteiger partial charge in [0, 0.05) is 6.42 Å². The van der Waals surface area contributed by atoms with Gasteiger partial charge in [0.15, 0.2) is 0 Å². The smallest absolute Gasteiger partial charge is 0.460 e. The van der Waals surface area contributed by atoms with Crippen molar-refractivity contribution in [3.63, 3.8) is 0 Å². The molecule has 8 heteroatoms. The Bertz CT molecular complexity index is 810. The SMILES string of the molecule is CC/C=C\C/C=C\C/C=C\C/C=C\C/C=C\CCCCCC(=O)OC(CC)COP(=O)(O)OCC[N+](C)(C)C. The number of carbonyl (C=O) groups excluding carboxylic acids is 1. The zero-order chi connectivity index (χ0) is 29.2. The third kappa shape index (κ3) is 27.6. The summed E-state index contributed by atoms with van der Waals surface area (Å²) in [5, 5.41) is 0. The first-order valence-corrected chi connectivity index (χ1v) is 16.0. The van der Waals surface area contributed by atoms with Gasteiger partial charge in [-0.1, -0.05) is 81.0 Å². The number of allylic oxidation sites excluding steroid dienone is 10. The van der Waals surface area contributed by atoms with Gasteiger partial charge in [-0.25, -0.2) is 4.57 Å². The molecule has 0 aromatic rings. The molecule has 0 spiro atoms. The molecule has 0 rings (SSSR count). The molecule has 0 aromatic heterocycles. The number of ether oxygens (including phenoxy) is 1. The Balaban J connectivity index is 3.85. The normalized spacial score (nSPS) is 15.3. The molecule has 0 aliphatic carbocycles. The van der Waals surface area contributed by atoms with Gasteiger partial charge in [-0.15, -0.1) is 0 Å². The summed E-state index contributed by atoms with van der Waals surface area (Å²) in [5.41, 5.74) is 0. The van der Waals surface area contributed by atoms with Gasteiger partial charge >= 0.3 is 13.8 Å². The lowest BCUT2D eigenvalue weighted by Crippen LogP contribution is -2.37. The molecule has 0 aromatic carbocycles. The van der Waals surface area contributed by atoms with Crippen LogP contribution in [0.2, 0.25) is 0 Å². The maximum absolute atomic E-state index is 12.1. The summed E-state index contributed by atoms with van der Waals surface area (Å²) in [6.45, 7) is 4.50. The molecule has 0 fully saturated rings. The van der Waals surface area contributed by atoms with Crippen molar-refractivity contribution in [3.8, 4) is 0 Å². The standard InChI is InChI=1S/C31H54NO6P/c1-6-8-9-10-11-12-13-14-15-16-17-18-19-20-21-22-23-24-25-26-31(33)38-30(7-2)29-37-39(34,35)36-28-27-32(3,4)5/h8-9,11-12,14-15,17-18,20-21,30H,6-7,10,13,16,19,22-29H2,1-5H3/p+1/b9-8-,12-11-,15-14-,18-17-,21-20-. The monoisotopic (exact) mass is 568 g/mol. The number of phosphoric ester groups is 1. The molecule has 7 nitrogen and oxygen atoms in total. The Morgan fingerprint density at radius 3 is 1.85 bits per heavy atom. The topological polar surface area (TPSA) is 82.1 Å². The first kappa shape index (κ1) is 37.2. The van der Waals surface area contributed by atoms with Crippen LogP contribution in [0.3, 0.4) is 0 Å². The fourth-order valence-corrected chi connectivity index (χ4v) is 3.94. The van der Waals surface area contributed by atoms with E-state index in [9.17, 15) is 14.3 Å². The predicted molar refractivity (Wildman–Crippen MR) is 162 cm³/mol. The second kappa shape index (κ2) is 24.1. The highest BCUT2D eigenvalue weighted by atomic mass is 31.2. The number of carbonyl (C=O) groups is 1. The number of hydrogen-bond acceptors (Lipinski definition) is 5. The zero-order valence-electron chi connectivity index (χ0n) is 25.1. The Labute approximate surface area is 238 Å². The van der Waals surface area contributed by atoms with Crippen molar-refractivity contribution in [2.45, 2.75) is 90.6 Å². The molecule has 0 aliphatic rings. The van der Waals surface area contributed by atoms with Crippen molar-refractivity contribution in [1.29, 1.82) is 0 Å². The van der Waals surface area contributed by atoms with Crippen LogP contribution < -0.4 is 0 Å². The molecule has 0 bridgehead atoms. The van der Waals surface area contributed by atoms with Crippen molar-refractivity contribution in [2.75, 3.05) is 40.9 Å². The average molecular weight is 569 g/mol. The summed E-state index contributed by atoms with van der Waals surface area (Å²) >= 11 is 0. The third-order valence-corrected chi connectivity index (χ3v) is 6.59. The van der Waals surface area contributed by atoms with Crippen molar-refractivity contribution >= 4 is 13.8 Å². The quantitative estimate of drug-likeness (QED) is 0.0420. The number of quaternary nitrogens is 1. The first-order valence-electron chi connectivity index (χ1n) is 14.5. The fourth-order valence-electron chi connectivity index (χ4n) is 3.20. The summed E-state index contributed by atoms with van der Waals surface area (Å²) in [7, 11) is 1.72. The van der Waals surface area contributed by atoms with Crippen molar-refractivity contribution < 1.29 is 32.5 Å². The number of esters is 1. The van der Waals surface area contributed by atoms with Crippen LogP contribution >= 0.6 is 7.82 Å². The molecule has 2 atom stereocenters. The van der Waals surface area contributed by atoms with E-state index in [1.54, 1.807) is 0 Å². The van der Waals surface area contributed by atoms with Crippen LogP contribution in [0.4, 0.5) is 0 Å². The summed E-state index contributed by atoms with van der Waals surface area (Å²) in [6, 6.07) is 0. The number of nitrogens with zero attached hydrogens (tertiary/aromatic N) is 1. The lowest BCUT2D eigenvalue weighted by Gasteiger charge is -2.24. The van der Waals surface area contributed by atoms with E-state index in [-0.39, 0.29) is 19.2 Å². The van der Waals surface area contributed by atoms with Gasteiger partial charge < -0.3 is 14.1 Å². The van der Waals surface area contributed by atoms with E-state index in [1.807, 2.05) is 28.1 Å². The van der Waals surface area contributed by atoms with Gasteiger partial charge in [0.25, 0.3) is 0 Å². The lowest BCUT2D eigenvalue weighted by atomic mass is 10.1. The fraction of sp³-hybridized carbons (Fsp3) is 0.645. The number of rotatable bonds is 24. The molecule has 0 saturated carbocycles. The van der Waals surface area contributed by atoms with Crippen LogP contribution in [-0.2, 0) is 23.1 Å². The largest absolute Gasteiger partial charge is 0.472 e. The molecule has 0 heterocycles. The Morgan fingerprint density at radius 2 is 1.33 bits per heavy atom. The van der Waals surface area contributed by atoms with E-state index in [1.165, 1.54) is 0 Å². The van der Waals surface area contributed by atoms with E-state index >= 15 is 0 Å². The van der Waals surface area contributed by atoms with E-state index in [0.29, 0.717) is 23.9 Å². The Kier molecular flexibility index (Phi) is 23.0. The number of phosphoric acid groups is 1. The molecule has 0 amide bonds. The van der Waals surface area contributed by atoms with Crippen molar-refractivity contribution in [2.24, 2.45) is 0 Å². The highest BCUT2D eigenvalue weighted by Gasteiger charge is 2.25. The van der Waals surface area contributed by atoms with E-state index < -0.39 is 13.9 Å². The van der Waals surface area contributed by atoms with E-state index in [0.717, 1.165) is 57.8 Å². The summed E-state index contributed by atoms with van der Waals surface area (Å²) in [5.74, 6) is -0.306. The first-order chi connectivity index (χ1) is 18.6. The van der Waals surface area contributed by atoms with Crippen LogP contribution in [0.1, 0.15) is 84.5 Å². The minimum atomic E-state index is -4.17.